The summed E-state index contributed by atoms with van der Waals surface area (Å²) in [5.41, 5.74) is 2.58. The fraction of sp³-hybridized carbons (Fsp3) is 0.447. The predicted octanol–water partition coefficient (Wildman–Crippen LogP) is 11.1. The number of carbonyl (C=O) groups is 2. The fourth-order valence-electron chi connectivity index (χ4n) is 7.12. The lowest BCUT2D eigenvalue weighted by Crippen LogP contribution is -2.39. The van der Waals surface area contributed by atoms with E-state index in [1.165, 1.54) is 17.9 Å². The molecule has 2 amide bonds. The van der Waals surface area contributed by atoms with Gasteiger partial charge >= 0.3 is 6.18 Å². The molecular weight excluding hydrogens is 761 g/mol. The molecule has 2 fully saturated rings. The Morgan fingerprint density at radius 3 is 2.32 bits per heavy atom. The first kappa shape index (κ1) is 46.7. The van der Waals surface area contributed by atoms with Crippen molar-refractivity contribution in [2.24, 2.45) is 0 Å². The third kappa shape index (κ3) is 15.0. The van der Waals surface area contributed by atoms with Crippen molar-refractivity contribution in [3.8, 4) is 0 Å². The lowest BCUT2D eigenvalue weighted by molar-refractivity contribution is -0.124. The van der Waals surface area contributed by atoms with Gasteiger partial charge in [0.1, 0.15) is 23.9 Å². The number of hydrogen-bond donors (Lipinski definition) is 2. The highest BCUT2D eigenvalue weighted by molar-refractivity contribution is 6.01. The van der Waals surface area contributed by atoms with Gasteiger partial charge in [0.2, 0.25) is 11.8 Å². The fourth-order valence-corrected chi connectivity index (χ4v) is 7.12. The lowest BCUT2D eigenvalue weighted by Gasteiger charge is -2.32. The third-order valence-electron chi connectivity index (χ3n) is 9.94. The maximum Gasteiger partial charge on any atom is 0.393 e. The predicted molar refractivity (Wildman–Crippen MR) is 231 cm³/mol. The van der Waals surface area contributed by atoms with Crippen molar-refractivity contribution in [1.29, 1.82) is 0 Å². The highest BCUT2D eigenvalue weighted by atomic mass is 19.4. The van der Waals surface area contributed by atoms with Crippen molar-refractivity contribution < 1.29 is 36.6 Å². The summed E-state index contributed by atoms with van der Waals surface area (Å²) in [6.45, 7) is 9.62. The lowest BCUT2D eigenvalue weighted by atomic mass is 9.86. The second-order valence-electron chi connectivity index (χ2n) is 15.0. The maximum absolute atomic E-state index is 16.0. The summed E-state index contributed by atoms with van der Waals surface area (Å²) >= 11 is 0. The molecule has 2 atom stereocenters. The van der Waals surface area contributed by atoms with Crippen LogP contribution in [0.2, 0.25) is 0 Å². The molecule has 2 unspecified atom stereocenters. The number of rotatable bonds is 17. The maximum atomic E-state index is 16.0. The van der Waals surface area contributed by atoms with Gasteiger partial charge in [-0.05, 0) is 129 Å². The first-order valence-corrected chi connectivity index (χ1v) is 20.6. The summed E-state index contributed by atoms with van der Waals surface area (Å²) < 4.78 is 72.6. The molecule has 12 heteroatoms. The van der Waals surface area contributed by atoms with Crippen molar-refractivity contribution in [3.05, 3.63) is 113 Å². The number of nitrogens with one attached hydrogen (secondary N) is 2. The van der Waals surface area contributed by atoms with Gasteiger partial charge in [-0.3, -0.25) is 14.5 Å². The number of nitrogens with zero attached hydrogens (tertiary/aromatic N) is 2. The number of benzene rings is 2. The van der Waals surface area contributed by atoms with Gasteiger partial charge in [0.25, 0.3) is 0 Å². The van der Waals surface area contributed by atoms with Crippen LogP contribution >= 0.6 is 0 Å². The molecule has 2 saturated heterocycles. The van der Waals surface area contributed by atoms with E-state index >= 15 is 4.39 Å². The van der Waals surface area contributed by atoms with Crippen molar-refractivity contribution >= 4 is 40.2 Å². The second kappa shape index (κ2) is 23.0. The minimum Gasteiger partial charge on any atom is -0.489 e. The van der Waals surface area contributed by atoms with Crippen LogP contribution in [0.5, 0.6) is 0 Å². The first-order valence-electron chi connectivity index (χ1n) is 20.6. The van der Waals surface area contributed by atoms with Crippen LogP contribution in [0.4, 0.5) is 28.9 Å². The van der Waals surface area contributed by atoms with E-state index in [1.807, 2.05) is 26.0 Å². The van der Waals surface area contributed by atoms with Crippen LogP contribution in [0.25, 0.3) is 17.0 Å². The molecule has 8 nitrogen and oxygen atoms in total. The summed E-state index contributed by atoms with van der Waals surface area (Å²) in [5, 5.41) is 6.00. The number of hydrogen-bond acceptors (Lipinski definition) is 6. The van der Waals surface area contributed by atoms with E-state index in [0.717, 1.165) is 38.6 Å². The Balaban J connectivity index is 1.82. The summed E-state index contributed by atoms with van der Waals surface area (Å²) in [6, 6.07) is 11.3. The molecule has 2 aliphatic rings. The first-order chi connectivity index (χ1) is 28.2. The number of halogens is 4. The largest absolute Gasteiger partial charge is 0.489 e. The Bertz CT molecular complexity index is 1900. The minimum atomic E-state index is -4.60. The van der Waals surface area contributed by atoms with E-state index in [4.69, 9.17) is 9.47 Å². The van der Waals surface area contributed by atoms with E-state index < -0.39 is 18.4 Å². The van der Waals surface area contributed by atoms with Crippen LogP contribution in [0.3, 0.4) is 0 Å². The third-order valence-corrected chi connectivity index (χ3v) is 9.94. The topological polar surface area (TPSA) is 83.1 Å². The highest BCUT2D eigenvalue weighted by Crippen LogP contribution is 2.42. The van der Waals surface area contributed by atoms with Gasteiger partial charge in [-0.2, -0.15) is 13.2 Å². The molecule has 0 aromatic heterocycles. The molecule has 2 aliphatic heterocycles. The smallest absolute Gasteiger partial charge is 0.393 e. The van der Waals surface area contributed by atoms with Gasteiger partial charge in [-0.15, -0.1) is 0 Å². The number of alkyl halides is 3. The van der Waals surface area contributed by atoms with Gasteiger partial charge in [0.15, 0.2) is 0 Å². The van der Waals surface area contributed by atoms with Crippen LogP contribution in [0.15, 0.2) is 96.3 Å². The van der Waals surface area contributed by atoms with E-state index in [1.54, 1.807) is 87.8 Å². The number of likely N-dealkylation sites (N-methyl/N-ethyl adjacent to an activating group) is 1. The Morgan fingerprint density at radius 2 is 1.69 bits per heavy atom. The molecule has 2 heterocycles. The summed E-state index contributed by atoms with van der Waals surface area (Å²) in [7, 11) is 3.41. The number of piperidine rings is 1. The van der Waals surface area contributed by atoms with Crippen LogP contribution in [-0.2, 0) is 19.1 Å². The summed E-state index contributed by atoms with van der Waals surface area (Å²) in [5.74, 6) is -0.301. The monoisotopic (exact) mass is 820 g/mol. The standard InChI is InChI=1S/C47H60F4N4O4/c1-7-14-38(59-39-16-12-27-55(32-39)28-13-18-45(57)54(5)6)25-21-34(9-3)46(41(31-47(49,50)51)35-19-23-37(24-20-35)52-33(4)56)36-22-26-43(40(30-36)42(48)15-8-2)53-44-17-10-11-29-58-44/h9,13-15,18-26,30,39,44,53H,7-8,10-12,16-17,27-29,31-32H2,1-6H3,(H,52,56)/b18-13+,25-21-,34-9+,38-14-,42-15-,46-41+. The molecule has 0 aliphatic carbocycles. The number of likely N-dealkylation sites (tertiary alicyclic amines) is 1. The molecule has 0 radical (unpaired) electrons. The number of amides is 2. The number of allylic oxidation sites excluding steroid dienone is 8. The summed E-state index contributed by atoms with van der Waals surface area (Å²) in [6.07, 6.45) is 11.2. The van der Waals surface area contributed by atoms with Crippen LogP contribution in [0, 0.1) is 0 Å². The normalized spacial score (nSPS) is 19.2. The van der Waals surface area contributed by atoms with Crippen LogP contribution in [0.1, 0.15) is 95.8 Å². The molecular formula is C47H60F4N4O4. The van der Waals surface area contributed by atoms with E-state index in [-0.39, 0.29) is 40.9 Å². The Morgan fingerprint density at radius 1 is 0.966 bits per heavy atom. The molecule has 320 valence electrons. The van der Waals surface area contributed by atoms with Gasteiger partial charge < -0.3 is 25.0 Å². The number of anilines is 2. The quantitative estimate of drug-likeness (QED) is 0.0544. The number of ether oxygens (including phenoxy) is 2. The molecule has 0 bridgehead atoms. The van der Waals surface area contributed by atoms with E-state index in [2.05, 4.69) is 15.5 Å². The van der Waals surface area contributed by atoms with Gasteiger partial charge in [0.05, 0.1) is 6.42 Å². The average Bonchev–Trinajstić information content (AvgIpc) is 3.19. The van der Waals surface area contributed by atoms with E-state index in [0.29, 0.717) is 66.4 Å². The van der Waals surface area contributed by atoms with Crippen LogP contribution < -0.4 is 10.6 Å². The Labute approximate surface area is 347 Å². The average molecular weight is 821 g/mol. The minimum absolute atomic E-state index is 0.0163. The molecule has 2 aromatic carbocycles. The molecule has 0 spiro atoms. The van der Waals surface area contributed by atoms with Crippen molar-refractivity contribution in [2.75, 3.05) is 51.0 Å². The van der Waals surface area contributed by atoms with Gasteiger partial charge in [-0.25, -0.2) is 4.39 Å². The highest BCUT2D eigenvalue weighted by Gasteiger charge is 2.32. The number of carbonyl (C=O) groups excluding carboxylic acids is 2. The molecule has 0 saturated carbocycles. The molecule has 2 N–H and O–H groups in total. The molecule has 59 heavy (non-hydrogen) atoms. The zero-order valence-corrected chi connectivity index (χ0v) is 35.3. The van der Waals surface area contributed by atoms with Crippen molar-refractivity contribution in [3.63, 3.8) is 0 Å². The van der Waals surface area contributed by atoms with Gasteiger partial charge in [-0.1, -0.05) is 50.3 Å². The Kier molecular flexibility index (Phi) is 18.2. The Hall–Kier alpha value is -4.94. The summed E-state index contributed by atoms with van der Waals surface area (Å²) in [4.78, 5) is 27.5. The SMILES string of the molecule is C/C=C(\C=C/C(=C/CC)OC1CCCN(C/C=C/C(=O)N(C)C)C1)C(=C(/CC(F)(F)F)c1ccc(NC(C)=O)cc1)/c1ccc(NC2CCCCO2)c(/C(F)=C/CC)c1. The zero-order chi connectivity index (χ0) is 43.0. The second-order valence-corrected chi connectivity index (χ2v) is 15.0. The van der Waals surface area contributed by atoms with Crippen LogP contribution in [-0.4, -0.2) is 80.5 Å². The van der Waals surface area contributed by atoms with Crippen molar-refractivity contribution in [2.45, 2.75) is 97.6 Å². The zero-order valence-electron chi connectivity index (χ0n) is 35.3. The van der Waals surface area contributed by atoms with Gasteiger partial charge in [0, 0.05) is 63.7 Å². The molecule has 4 rings (SSSR count). The van der Waals surface area contributed by atoms with E-state index in [9.17, 15) is 22.8 Å². The molecule has 2 aromatic rings. The van der Waals surface area contributed by atoms with Crippen molar-refractivity contribution in [1.82, 2.24) is 9.80 Å².